The number of carbonyl (C=O) groups excluding carboxylic acids is 1. The minimum atomic E-state index is -1.25. The number of aliphatic hydroxyl groups is 1. The molecule has 0 rings (SSSR count). The Hall–Kier alpha value is 0.170. The van der Waals surface area contributed by atoms with Crippen LogP contribution in [0.3, 0.4) is 0 Å². The van der Waals surface area contributed by atoms with Gasteiger partial charge in [0.25, 0.3) is 0 Å². The Balaban J connectivity index is 0. The Morgan fingerprint density at radius 3 is 1.81 bits per heavy atom. The number of hydrogen-bond acceptors (Lipinski definition) is 3. The van der Waals surface area contributed by atoms with Crippen LogP contribution in [-0.2, 0) is 4.79 Å². The zero-order chi connectivity index (χ0) is 15.1. The van der Waals surface area contributed by atoms with Gasteiger partial charge in [0.2, 0.25) is 0 Å². The van der Waals surface area contributed by atoms with Gasteiger partial charge < -0.3 is 15.0 Å². The first-order valence-corrected chi connectivity index (χ1v) is 8.24. The maximum absolute atomic E-state index is 10.2. The van der Waals surface area contributed by atoms with Gasteiger partial charge in [-0.2, -0.15) is 0 Å². The number of rotatable bonds is 14. The van der Waals surface area contributed by atoms with Crippen LogP contribution in [-0.4, -0.2) is 17.2 Å². The molecule has 0 fully saturated rings. The first-order valence-electron chi connectivity index (χ1n) is 8.24. The van der Waals surface area contributed by atoms with Crippen molar-refractivity contribution in [3.05, 3.63) is 12.2 Å². The van der Waals surface area contributed by atoms with Crippen molar-refractivity contribution in [3.8, 4) is 0 Å². The summed E-state index contributed by atoms with van der Waals surface area (Å²) in [5, 5.41) is 19.6. The van der Waals surface area contributed by atoms with Crippen LogP contribution < -0.4 is 34.7 Å². The van der Waals surface area contributed by atoms with E-state index in [-0.39, 0.29) is 29.6 Å². The fourth-order valence-electron chi connectivity index (χ4n) is 2.30. The summed E-state index contributed by atoms with van der Waals surface area (Å²) in [6.45, 7) is 2.24. The van der Waals surface area contributed by atoms with Crippen molar-refractivity contribution in [2.75, 3.05) is 0 Å². The van der Waals surface area contributed by atoms with Crippen molar-refractivity contribution < 1.29 is 44.6 Å². The predicted molar refractivity (Wildman–Crippen MR) is 81.2 cm³/mol. The van der Waals surface area contributed by atoms with Gasteiger partial charge in [-0.1, -0.05) is 83.6 Å². The molecule has 0 aliphatic carbocycles. The van der Waals surface area contributed by atoms with Gasteiger partial charge in [0, 0.05) is 0 Å². The zero-order valence-corrected chi connectivity index (χ0v) is 16.0. The number of aliphatic hydroxyl groups excluding tert-OH is 1. The monoisotopic (exact) mass is 306 g/mol. The van der Waals surface area contributed by atoms with E-state index in [1.165, 1.54) is 63.9 Å². The van der Waals surface area contributed by atoms with Crippen LogP contribution in [0.25, 0.3) is 0 Å². The van der Waals surface area contributed by atoms with Gasteiger partial charge in [0.15, 0.2) is 0 Å². The molecule has 3 nitrogen and oxygen atoms in total. The molecule has 4 heteroatoms. The topological polar surface area (TPSA) is 60.4 Å². The summed E-state index contributed by atoms with van der Waals surface area (Å²) in [6, 6.07) is 0. The van der Waals surface area contributed by atoms with E-state index in [9.17, 15) is 15.0 Å². The van der Waals surface area contributed by atoms with E-state index in [0.29, 0.717) is 6.42 Å². The van der Waals surface area contributed by atoms with E-state index < -0.39 is 12.1 Å². The molecule has 21 heavy (non-hydrogen) atoms. The number of hydrogen-bond donors (Lipinski definition) is 1. The molecule has 0 spiro atoms. The fourth-order valence-corrected chi connectivity index (χ4v) is 2.30. The quantitative estimate of drug-likeness (QED) is 0.286. The number of aliphatic carboxylic acids is 1. The smallest absolute Gasteiger partial charge is 0.545 e. The Kier molecular flexibility index (Phi) is 20.3. The van der Waals surface area contributed by atoms with Crippen molar-refractivity contribution >= 4 is 5.97 Å². The average molecular weight is 306 g/mol. The van der Waals surface area contributed by atoms with Gasteiger partial charge in [-0.05, 0) is 12.5 Å². The van der Waals surface area contributed by atoms with Crippen molar-refractivity contribution in [3.63, 3.8) is 0 Å². The van der Waals surface area contributed by atoms with Crippen molar-refractivity contribution in [2.45, 2.75) is 90.1 Å². The van der Waals surface area contributed by atoms with Crippen molar-refractivity contribution in [1.82, 2.24) is 0 Å². The second-order valence-electron chi connectivity index (χ2n) is 5.57. The van der Waals surface area contributed by atoms with Gasteiger partial charge in [-0.3, -0.25) is 0 Å². The Morgan fingerprint density at radius 1 is 0.952 bits per heavy atom. The van der Waals surface area contributed by atoms with Crippen molar-refractivity contribution in [1.29, 1.82) is 0 Å². The summed E-state index contributed by atoms with van der Waals surface area (Å²) in [6.07, 6.45) is 16.2. The molecule has 0 heterocycles. The summed E-state index contributed by atoms with van der Waals surface area (Å²) in [5.74, 6) is -1.25. The SMILES string of the molecule is CCCCCCCCCCCCCC(O)C=CC(=O)[O-].[Na+]. The molecule has 0 aromatic heterocycles. The maximum Gasteiger partial charge on any atom is 1.00 e. The second kappa shape index (κ2) is 18.2. The molecule has 118 valence electrons. The molecule has 0 amide bonds. The number of carboxylic acids is 1. The molecule has 0 bridgehead atoms. The van der Waals surface area contributed by atoms with Gasteiger partial charge in [-0.15, -0.1) is 0 Å². The van der Waals surface area contributed by atoms with Crippen LogP contribution in [0.15, 0.2) is 12.2 Å². The molecule has 1 atom stereocenters. The van der Waals surface area contributed by atoms with Crippen molar-refractivity contribution in [2.24, 2.45) is 0 Å². The predicted octanol–water partition coefficient (Wildman–Crippen LogP) is 0.359. The molecule has 1 N–H and O–H groups in total. The number of carboxylic acid groups (broad SMARTS) is 1. The van der Waals surface area contributed by atoms with Crippen LogP contribution in [0.2, 0.25) is 0 Å². The standard InChI is InChI=1S/C17H32O3.Na/c1-2-3-4-5-6-7-8-9-10-11-12-13-16(18)14-15-17(19)20;/h14-16,18H,2-13H2,1H3,(H,19,20);/q;+1/p-1. The minimum absolute atomic E-state index is 0. The van der Waals surface area contributed by atoms with Crippen LogP contribution in [0.5, 0.6) is 0 Å². The van der Waals surface area contributed by atoms with Crippen LogP contribution >= 0.6 is 0 Å². The molecule has 0 saturated heterocycles. The Bertz CT molecular complexity index is 254. The summed E-state index contributed by atoms with van der Waals surface area (Å²) in [7, 11) is 0. The van der Waals surface area contributed by atoms with E-state index in [0.717, 1.165) is 18.9 Å². The molecular formula is C17H31NaO3. The summed E-state index contributed by atoms with van der Waals surface area (Å²) >= 11 is 0. The molecule has 0 saturated carbocycles. The first-order chi connectivity index (χ1) is 9.66. The fraction of sp³-hybridized carbons (Fsp3) is 0.824. The zero-order valence-electron chi connectivity index (χ0n) is 14.0. The normalized spacial score (nSPS) is 12.3. The first kappa shape index (κ1) is 23.4. The summed E-state index contributed by atoms with van der Waals surface area (Å²) < 4.78 is 0. The third-order valence-electron chi connectivity index (χ3n) is 3.56. The average Bonchev–Trinajstić information content (AvgIpc) is 2.42. The molecule has 0 aromatic rings. The molecule has 0 aliphatic heterocycles. The van der Waals surface area contributed by atoms with Crippen LogP contribution in [0, 0.1) is 0 Å². The van der Waals surface area contributed by atoms with E-state index in [1.54, 1.807) is 0 Å². The van der Waals surface area contributed by atoms with E-state index >= 15 is 0 Å². The number of unbranched alkanes of at least 4 members (excludes halogenated alkanes) is 10. The molecular weight excluding hydrogens is 275 g/mol. The van der Waals surface area contributed by atoms with Crippen LogP contribution in [0.4, 0.5) is 0 Å². The number of carbonyl (C=O) groups is 1. The Labute approximate surface area is 152 Å². The second-order valence-corrected chi connectivity index (χ2v) is 5.57. The van der Waals surface area contributed by atoms with Gasteiger partial charge in [-0.25, -0.2) is 0 Å². The maximum atomic E-state index is 10.2. The summed E-state index contributed by atoms with van der Waals surface area (Å²) in [4.78, 5) is 10.2. The van der Waals surface area contributed by atoms with Gasteiger partial charge >= 0.3 is 29.6 Å². The van der Waals surface area contributed by atoms with Gasteiger partial charge in [0.1, 0.15) is 0 Å². The van der Waals surface area contributed by atoms with Crippen LogP contribution in [0.1, 0.15) is 84.0 Å². The van der Waals surface area contributed by atoms with E-state index in [1.807, 2.05) is 0 Å². The molecule has 0 radical (unpaired) electrons. The molecule has 1 unspecified atom stereocenters. The molecule has 0 aliphatic rings. The van der Waals surface area contributed by atoms with E-state index in [4.69, 9.17) is 0 Å². The largest absolute Gasteiger partial charge is 1.00 e. The molecule has 0 aromatic carbocycles. The van der Waals surface area contributed by atoms with Gasteiger partial charge in [0.05, 0.1) is 12.1 Å². The Morgan fingerprint density at radius 2 is 1.38 bits per heavy atom. The third-order valence-corrected chi connectivity index (χ3v) is 3.56. The van der Waals surface area contributed by atoms with E-state index in [2.05, 4.69) is 6.92 Å². The third kappa shape index (κ3) is 20.2. The summed E-state index contributed by atoms with van der Waals surface area (Å²) in [5.41, 5.74) is 0. The minimum Gasteiger partial charge on any atom is -0.545 e.